The van der Waals surface area contributed by atoms with E-state index in [1.807, 2.05) is 0 Å². The Hall–Kier alpha value is -0.810. The molecule has 0 aliphatic carbocycles. The highest BCUT2D eigenvalue weighted by Gasteiger charge is 2.35. The van der Waals surface area contributed by atoms with Crippen LogP contribution in [0.15, 0.2) is 16.9 Å². The van der Waals surface area contributed by atoms with E-state index in [0.717, 1.165) is 23.3 Å². The number of halogens is 1. The quantitative estimate of drug-likeness (QED) is 0.908. The second-order valence-corrected chi connectivity index (χ2v) is 4.66. The molecule has 0 aromatic carbocycles. The molecule has 1 aromatic rings. The standard InChI is InChI=1S/C10H13BrN2O2/c1-10(5-13-6-10)15-9-7(11)3-12-4-8(9)14-2/h3-4,13H,5-6H2,1-2H3. The number of rotatable bonds is 3. The molecule has 0 radical (unpaired) electrons. The number of ether oxygens (including phenoxy) is 2. The first kappa shape index (κ1) is 10.7. The lowest BCUT2D eigenvalue weighted by molar-refractivity contribution is 0.0315. The van der Waals surface area contributed by atoms with E-state index in [0.29, 0.717) is 5.75 Å². The van der Waals surface area contributed by atoms with Crippen LogP contribution in [0.1, 0.15) is 6.92 Å². The number of pyridine rings is 1. The molecule has 0 saturated carbocycles. The number of nitrogens with one attached hydrogen (secondary N) is 1. The molecule has 2 rings (SSSR count). The maximum atomic E-state index is 5.92. The Kier molecular flexibility index (Phi) is 2.84. The molecule has 1 saturated heterocycles. The fourth-order valence-corrected chi connectivity index (χ4v) is 1.84. The second-order valence-electron chi connectivity index (χ2n) is 3.81. The summed E-state index contributed by atoms with van der Waals surface area (Å²) >= 11 is 3.41. The molecular weight excluding hydrogens is 260 g/mol. The summed E-state index contributed by atoms with van der Waals surface area (Å²) in [5.41, 5.74) is -0.142. The molecule has 2 heterocycles. The maximum absolute atomic E-state index is 5.92. The molecule has 15 heavy (non-hydrogen) atoms. The third-order valence-electron chi connectivity index (χ3n) is 2.39. The summed E-state index contributed by atoms with van der Waals surface area (Å²) in [7, 11) is 1.61. The molecule has 0 spiro atoms. The molecular formula is C10H13BrN2O2. The summed E-state index contributed by atoms with van der Waals surface area (Å²) in [5, 5.41) is 3.18. The van der Waals surface area contributed by atoms with Crippen molar-refractivity contribution in [2.45, 2.75) is 12.5 Å². The van der Waals surface area contributed by atoms with Gasteiger partial charge in [0.15, 0.2) is 11.5 Å². The van der Waals surface area contributed by atoms with Crippen LogP contribution in [0.2, 0.25) is 0 Å². The normalized spacial score (nSPS) is 18.1. The van der Waals surface area contributed by atoms with Crippen LogP contribution in [0.4, 0.5) is 0 Å². The van der Waals surface area contributed by atoms with Gasteiger partial charge in [0.2, 0.25) is 0 Å². The molecule has 1 N–H and O–H groups in total. The SMILES string of the molecule is COc1cncc(Br)c1OC1(C)CNC1. The Labute approximate surface area is 97.1 Å². The van der Waals surface area contributed by atoms with Crippen LogP contribution < -0.4 is 14.8 Å². The summed E-state index contributed by atoms with van der Waals surface area (Å²) in [4.78, 5) is 4.02. The fourth-order valence-electron chi connectivity index (χ4n) is 1.45. The van der Waals surface area contributed by atoms with Crippen molar-refractivity contribution in [1.82, 2.24) is 10.3 Å². The smallest absolute Gasteiger partial charge is 0.180 e. The van der Waals surface area contributed by atoms with Crippen molar-refractivity contribution in [2.24, 2.45) is 0 Å². The van der Waals surface area contributed by atoms with Gasteiger partial charge < -0.3 is 14.8 Å². The van der Waals surface area contributed by atoms with Gasteiger partial charge in [0.25, 0.3) is 0 Å². The van der Waals surface area contributed by atoms with E-state index < -0.39 is 0 Å². The van der Waals surface area contributed by atoms with Gasteiger partial charge in [0.05, 0.1) is 17.8 Å². The van der Waals surface area contributed by atoms with Crippen LogP contribution in [0, 0.1) is 0 Å². The van der Waals surface area contributed by atoms with Gasteiger partial charge in [-0.1, -0.05) is 0 Å². The largest absolute Gasteiger partial charge is 0.491 e. The van der Waals surface area contributed by atoms with E-state index in [1.54, 1.807) is 19.5 Å². The van der Waals surface area contributed by atoms with Crippen molar-refractivity contribution in [3.8, 4) is 11.5 Å². The van der Waals surface area contributed by atoms with Gasteiger partial charge in [-0.2, -0.15) is 0 Å². The number of aromatic nitrogens is 1. The maximum Gasteiger partial charge on any atom is 0.180 e. The van der Waals surface area contributed by atoms with E-state index >= 15 is 0 Å². The molecule has 1 aliphatic heterocycles. The lowest BCUT2D eigenvalue weighted by Gasteiger charge is -2.39. The van der Waals surface area contributed by atoms with Gasteiger partial charge in [-0.25, -0.2) is 0 Å². The fraction of sp³-hybridized carbons (Fsp3) is 0.500. The van der Waals surface area contributed by atoms with Crippen LogP contribution in [0.25, 0.3) is 0 Å². The van der Waals surface area contributed by atoms with Crippen LogP contribution in [-0.4, -0.2) is 30.8 Å². The number of nitrogens with zero attached hydrogens (tertiary/aromatic N) is 1. The van der Waals surface area contributed by atoms with Gasteiger partial charge in [-0.15, -0.1) is 0 Å². The lowest BCUT2D eigenvalue weighted by Crippen LogP contribution is -2.61. The molecule has 1 aromatic heterocycles. The van der Waals surface area contributed by atoms with Crippen LogP contribution >= 0.6 is 15.9 Å². The zero-order valence-electron chi connectivity index (χ0n) is 8.71. The topological polar surface area (TPSA) is 43.4 Å². The first-order valence-corrected chi connectivity index (χ1v) is 5.51. The van der Waals surface area contributed by atoms with E-state index in [-0.39, 0.29) is 5.60 Å². The first-order valence-electron chi connectivity index (χ1n) is 4.72. The summed E-state index contributed by atoms with van der Waals surface area (Å²) in [5.74, 6) is 1.37. The van der Waals surface area contributed by atoms with E-state index in [1.165, 1.54) is 0 Å². The summed E-state index contributed by atoms with van der Waals surface area (Å²) in [6, 6.07) is 0. The molecule has 0 atom stereocenters. The molecule has 1 fully saturated rings. The van der Waals surface area contributed by atoms with Crippen molar-refractivity contribution >= 4 is 15.9 Å². The predicted molar refractivity (Wildman–Crippen MR) is 60.4 cm³/mol. The Bertz CT molecular complexity index is 366. The number of hydrogen-bond donors (Lipinski definition) is 1. The van der Waals surface area contributed by atoms with Crippen LogP contribution in [0.3, 0.4) is 0 Å². The summed E-state index contributed by atoms with van der Waals surface area (Å²) in [6.07, 6.45) is 3.35. The third-order valence-corrected chi connectivity index (χ3v) is 2.95. The average Bonchev–Trinajstić information content (AvgIpc) is 2.18. The minimum atomic E-state index is -0.142. The summed E-state index contributed by atoms with van der Waals surface area (Å²) < 4.78 is 11.9. The molecule has 0 bridgehead atoms. The van der Waals surface area contributed by atoms with Gasteiger partial charge in [0, 0.05) is 19.3 Å². The monoisotopic (exact) mass is 272 g/mol. The highest BCUT2D eigenvalue weighted by Crippen LogP contribution is 2.36. The van der Waals surface area contributed by atoms with E-state index in [9.17, 15) is 0 Å². The Morgan fingerprint density at radius 2 is 2.20 bits per heavy atom. The molecule has 4 nitrogen and oxygen atoms in total. The Morgan fingerprint density at radius 1 is 1.47 bits per heavy atom. The van der Waals surface area contributed by atoms with Crippen molar-refractivity contribution in [3.63, 3.8) is 0 Å². The van der Waals surface area contributed by atoms with Crippen molar-refractivity contribution in [2.75, 3.05) is 20.2 Å². The molecule has 5 heteroatoms. The zero-order valence-corrected chi connectivity index (χ0v) is 10.3. The van der Waals surface area contributed by atoms with Crippen molar-refractivity contribution < 1.29 is 9.47 Å². The first-order chi connectivity index (χ1) is 7.14. The number of methoxy groups -OCH3 is 1. The van der Waals surface area contributed by atoms with Gasteiger partial charge >= 0.3 is 0 Å². The van der Waals surface area contributed by atoms with Gasteiger partial charge in [-0.05, 0) is 22.9 Å². The van der Waals surface area contributed by atoms with Crippen molar-refractivity contribution in [1.29, 1.82) is 0 Å². The van der Waals surface area contributed by atoms with Crippen molar-refractivity contribution in [3.05, 3.63) is 16.9 Å². The third kappa shape index (κ3) is 2.08. The van der Waals surface area contributed by atoms with Crippen LogP contribution in [-0.2, 0) is 0 Å². The van der Waals surface area contributed by atoms with Gasteiger partial charge in [0.1, 0.15) is 5.60 Å². The molecule has 0 unspecified atom stereocenters. The highest BCUT2D eigenvalue weighted by molar-refractivity contribution is 9.10. The van der Waals surface area contributed by atoms with E-state index in [2.05, 4.69) is 33.2 Å². The molecule has 1 aliphatic rings. The lowest BCUT2D eigenvalue weighted by atomic mass is 10.00. The van der Waals surface area contributed by atoms with Crippen LogP contribution in [0.5, 0.6) is 11.5 Å². The zero-order chi connectivity index (χ0) is 10.9. The van der Waals surface area contributed by atoms with E-state index in [4.69, 9.17) is 9.47 Å². The molecule has 82 valence electrons. The second kappa shape index (κ2) is 3.98. The molecule has 0 amide bonds. The minimum Gasteiger partial charge on any atom is -0.491 e. The van der Waals surface area contributed by atoms with Gasteiger partial charge in [-0.3, -0.25) is 4.98 Å². The minimum absolute atomic E-state index is 0.142. The predicted octanol–water partition coefficient (Wildman–Crippen LogP) is 1.59. The highest BCUT2D eigenvalue weighted by atomic mass is 79.9. The Morgan fingerprint density at radius 3 is 2.73 bits per heavy atom. The Balaban J connectivity index is 2.26. The summed E-state index contributed by atoms with van der Waals surface area (Å²) in [6.45, 7) is 3.77. The average molecular weight is 273 g/mol. The number of hydrogen-bond acceptors (Lipinski definition) is 4.